The largest absolute Gasteiger partial charge is 0.481 e. The third-order valence-electron chi connectivity index (χ3n) is 4.25. The van der Waals surface area contributed by atoms with Crippen molar-refractivity contribution in [2.24, 2.45) is 5.92 Å². The molecule has 1 aliphatic heterocycles. The SMILES string of the molecule is CC1CCN(c2cccc(NC(=O)N(C)CCC(=O)O)c2)CC1. The number of anilines is 2. The molecule has 2 N–H and O–H groups in total. The summed E-state index contributed by atoms with van der Waals surface area (Å²) in [6.45, 7) is 4.54. The molecule has 0 saturated carbocycles. The van der Waals surface area contributed by atoms with Crippen LogP contribution < -0.4 is 10.2 Å². The van der Waals surface area contributed by atoms with Crippen molar-refractivity contribution in [3.8, 4) is 0 Å². The van der Waals surface area contributed by atoms with E-state index in [-0.39, 0.29) is 19.0 Å². The fourth-order valence-electron chi connectivity index (χ4n) is 2.63. The smallest absolute Gasteiger partial charge is 0.321 e. The van der Waals surface area contributed by atoms with Gasteiger partial charge in [0.05, 0.1) is 6.42 Å². The summed E-state index contributed by atoms with van der Waals surface area (Å²) in [6, 6.07) is 7.51. The summed E-state index contributed by atoms with van der Waals surface area (Å²) < 4.78 is 0. The highest BCUT2D eigenvalue weighted by molar-refractivity contribution is 5.90. The second-order valence-electron chi connectivity index (χ2n) is 6.22. The van der Waals surface area contributed by atoms with Gasteiger partial charge in [-0.2, -0.15) is 0 Å². The number of carbonyl (C=O) groups is 2. The average Bonchev–Trinajstić information content (AvgIpc) is 2.53. The fourth-order valence-corrected chi connectivity index (χ4v) is 2.63. The molecule has 1 fully saturated rings. The molecule has 0 spiro atoms. The van der Waals surface area contributed by atoms with Crippen molar-refractivity contribution in [3.63, 3.8) is 0 Å². The average molecular weight is 319 g/mol. The van der Waals surface area contributed by atoms with Gasteiger partial charge in [-0.15, -0.1) is 0 Å². The van der Waals surface area contributed by atoms with Gasteiger partial charge < -0.3 is 20.2 Å². The molecule has 126 valence electrons. The number of urea groups is 1. The summed E-state index contributed by atoms with van der Waals surface area (Å²) in [7, 11) is 1.59. The molecule has 1 aliphatic rings. The summed E-state index contributed by atoms with van der Waals surface area (Å²) in [6.07, 6.45) is 2.32. The van der Waals surface area contributed by atoms with E-state index in [1.807, 2.05) is 18.2 Å². The molecule has 1 heterocycles. The Morgan fingerprint density at radius 3 is 2.70 bits per heavy atom. The molecule has 0 unspecified atom stereocenters. The zero-order valence-corrected chi connectivity index (χ0v) is 13.8. The number of rotatable bonds is 5. The lowest BCUT2D eigenvalue weighted by molar-refractivity contribution is -0.137. The van der Waals surface area contributed by atoms with E-state index in [0.29, 0.717) is 0 Å². The van der Waals surface area contributed by atoms with Crippen LogP contribution in [0.3, 0.4) is 0 Å². The van der Waals surface area contributed by atoms with E-state index in [4.69, 9.17) is 5.11 Å². The van der Waals surface area contributed by atoms with Crippen LogP contribution >= 0.6 is 0 Å². The molecule has 1 aromatic rings. The Morgan fingerprint density at radius 2 is 2.04 bits per heavy atom. The number of nitrogens with one attached hydrogen (secondary N) is 1. The van der Waals surface area contributed by atoms with Crippen molar-refractivity contribution in [3.05, 3.63) is 24.3 Å². The summed E-state index contributed by atoms with van der Waals surface area (Å²) >= 11 is 0. The van der Waals surface area contributed by atoms with Crippen LogP contribution in [0.4, 0.5) is 16.2 Å². The number of piperidine rings is 1. The van der Waals surface area contributed by atoms with Gasteiger partial charge in [-0.05, 0) is 37.0 Å². The van der Waals surface area contributed by atoms with E-state index in [0.717, 1.165) is 30.4 Å². The van der Waals surface area contributed by atoms with Crippen LogP contribution in [0.1, 0.15) is 26.2 Å². The first-order chi connectivity index (χ1) is 11.0. The van der Waals surface area contributed by atoms with Crippen molar-refractivity contribution in [2.75, 3.05) is 36.9 Å². The van der Waals surface area contributed by atoms with Crippen LogP contribution in [0.15, 0.2) is 24.3 Å². The van der Waals surface area contributed by atoms with Gasteiger partial charge in [-0.1, -0.05) is 13.0 Å². The Morgan fingerprint density at radius 1 is 1.35 bits per heavy atom. The predicted molar refractivity (Wildman–Crippen MR) is 91.0 cm³/mol. The van der Waals surface area contributed by atoms with Gasteiger partial charge >= 0.3 is 12.0 Å². The second-order valence-corrected chi connectivity index (χ2v) is 6.22. The van der Waals surface area contributed by atoms with Gasteiger partial charge in [0.25, 0.3) is 0 Å². The number of benzene rings is 1. The first-order valence-corrected chi connectivity index (χ1v) is 8.04. The molecule has 0 radical (unpaired) electrons. The maximum atomic E-state index is 12.1. The molecule has 0 aromatic heterocycles. The van der Waals surface area contributed by atoms with Gasteiger partial charge in [0, 0.05) is 38.1 Å². The van der Waals surface area contributed by atoms with Crippen molar-refractivity contribution in [1.82, 2.24) is 4.90 Å². The van der Waals surface area contributed by atoms with Gasteiger partial charge in [0.2, 0.25) is 0 Å². The van der Waals surface area contributed by atoms with Crippen LogP contribution in [0.5, 0.6) is 0 Å². The van der Waals surface area contributed by atoms with Crippen LogP contribution in [0, 0.1) is 5.92 Å². The third-order valence-corrected chi connectivity index (χ3v) is 4.25. The molecule has 1 saturated heterocycles. The predicted octanol–water partition coefficient (Wildman–Crippen LogP) is 2.86. The molecular formula is C17H25N3O3. The highest BCUT2D eigenvalue weighted by Crippen LogP contribution is 2.25. The van der Waals surface area contributed by atoms with Crippen LogP contribution in [-0.4, -0.2) is 48.7 Å². The van der Waals surface area contributed by atoms with Crippen molar-refractivity contribution in [2.45, 2.75) is 26.2 Å². The maximum Gasteiger partial charge on any atom is 0.321 e. The number of aliphatic carboxylic acids is 1. The lowest BCUT2D eigenvalue weighted by Gasteiger charge is -2.32. The van der Waals surface area contributed by atoms with E-state index < -0.39 is 5.97 Å². The quantitative estimate of drug-likeness (QED) is 0.875. The van der Waals surface area contributed by atoms with Crippen molar-refractivity contribution < 1.29 is 14.7 Å². The third kappa shape index (κ3) is 5.16. The summed E-state index contributed by atoms with van der Waals surface area (Å²) in [5.41, 5.74) is 1.84. The number of amides is 2. The number of carboxylic acid groups (broad SMARTS) is 1. The lowest BCUT2D eigenvalue weighted by Crippen LogP contribution is -2.34. The molecule has 2 rings (SSSR count). The Kier molecular flexibility index (Phi) is 5.84. The Hall–Kier alpha value is -2.24. The Balaban J connectivity index is 1.94. The van der Waals surface area contributed by atoms with Gasteiger partial charge in [0.15, 0.2) is 0 Å². The number of carboxylic acids is 1. The second kappa shape index (κ2) is 7.85. The summed E-state index contributed by atoms with van der Waals surface area (Å²) in [5.74, 6) is -0.136. The monoisotopic (exact) mass is 319 g/mol. The highest BCUT2D eigenvalue weighted by Gasteiger charge is 2.16. The molecule has 0 atom stereocenters. The zero-order valence-electron chi connectivity index (χ0n) is 13.8. The van der Waals surface area contributed by atoms with E-state index in [1.54, 1.807) is 7.05 Å². The topological polar surface area (TPSA) is 72.9 Å². The standard InChI is InChI=1S/C17H25N3O3/c1-13-6-10-20(11-7-13)15-5-3-4-14(12-15)18-17(23)19(2)9-8-16(21)22/h3-5,12-13H,6-11H2,1-2H3,(H,18,23)(H,21,22). The molecule has 6 nitrogen and oxygen atoms in total. The normalized spacial score (nSPS) is 15.3. The number of hydrogen-bond donors (Lipinski definition) is 2. The highest BCUT2D eigenvalue weighted by atomic mass is 16.4. The minimum atomic E-state index is -0.911. The first-order valence-electron chi connectivity index (χ1n) is 8.04. The van der Waals surface area contributed by atoms with E-state index in [1.165, 1.54) is 17.7 Å². The number of nitrogens with zero attached hydrogens (tertiary/aromatic N) is 2. The molecule has 0 aliphatic carbocycles. The van der Waals surface area contributed by atoms with Crippen LogP contribution in [-0.2, 0) is 4.79 Å². The van der Waals surface area contributed by atoms with E-state index in [9.17, 15) is 9.59 Å². The molecular weight excluding hydrogens is 294 g/mol. The van der Waals surface area contributed by atoms with Crippen LogP contribution in [0.25, 0.3) is 0 Å². The Labute approximate surface area is 137 Å². The van der Waals surface area contributed by atoms with Crippen molar-refractivity contribution in [1.29, 1.82) is 0 Å². The Bertz CT molecular complexity index is 554. The van der Waals surface area contributed by atoms with Gasteiger partial charge in [-0.25, -0.2) is 4.79 Å². The number of carbonyl (C=O) groups excluding carboxylic acids is 1. The van der Waals surface area contributed by atoms with E-state index in [2.05, 4.69) is 23.2 Å². The first kappa shape index (κ1) is 17.1. The molecule has 0 bridgehead atoms. The molecule has 2 amide bonds. The van der Waals surface area contributed by atoms with Crippen molar-refractivity contribution >= 4 is 23.4 Å². The lowest BCUT2D eigenvalue weighted by atomic mass is 9.99. The number of hydrogen-bond acceptors (Lipinski definition) is 3. The fraction of sp³-hybridized carbons (Fsp3) is 0.529. The van der Waals surface area contributed by atoms with Gasteiger partial charge in [0.1, 0.15) is 0 Å². The minimum absolute atomic E-state index is 0.0596. The maximum absolute atomic E-state index is 12.1. The summed E-state index contributed by atoms with van der Waals surface area (Å²) in [4.78, 5) is 26.3. The molecule has 6 heteroatoms. The molecule has 23 heavy (non-hydrogen) atoms. The van der Waals surface area contributed by atoms with Crippen LogP contribution in [0.2, 0.25) is 0 Å². The van der Waals surface area contributed by atoms with E-state index >= 15 is 0 Å². The van der Waals surface area contributed by atoms with Gasteiger partial charge in [-0.3, -0.25) is 4.79 Å². The minimum Gasteiger partial charge on any atom is -0.481 e. The zero-order chi connectivity index (χ0) is 16.8. The summed E-state index contributed by atoms with van der Waals surface area (Å²) in [5, 5.41) is 11.5. The molecule has 1 aromatic carbocycles.